The van der Waals surface area contributed by atoms with E-state index in [4.69, 9.17) is 16.3 Å². The Morgan fingerprint density at radius 2 is 2.17 bits per heavy atom. The third-order valence-electron chi connectivity index (χ3n) is 3.24. The van der Waals surface area contributed by atoms with Gasteiger partial charge in [-0.3, -0.25) is 4.79 Å². The van der Waals surface area contributed by atoms with Gasteiger partial charge in [-0.05, 0) is 54.1 Å². The highest BCUT2D eigenvalue weighted by molar-refractivity contribution is 7.11. The van der Waals surface area contributed by atoms with Crippen LogP contribution in [0.4, 0.5) is 0 Å². The number of rotatable bonds is 7. The van der Waals surface area contributed by atoms with Crippen LogP contribution in [-0.2, 0) is 20.7 Å². The predicted molar refractivity (Wildman–Crippen MR) is 97.2 cm³/mol. The van der Waals surface area contributed by atoms with E-state index in [1.165, 1.54) is 6.08 Å². The van der Waals surface area contributed by atoms with Gasteiger partial charge in [-0.1, -0.05) is 23.7 Å². The predicted octanol–water partition coefficient (Wildman–Crippen LogP) is 3.63. The molecule has 0 fully saturated rings. The Bertz CT molecular complexity index is 739. The average Bonchev–Trinajstić information content (AvgIpc) is 2.96. The quantitative estimate of drug-likeness (QED) is 0.603. The maximum Gasteiger partial charge on any atom is 0.331 e. The fourth-order valence-electron chi connectivity index (χ4n) is 1.97. The van der Waals surface area contributed by atoms with Gasteiger partial charge in [0.25, 0.3) is 5.91 Å². The van der Waals surface area contributed by atoms with Crippen LogP contribution in [0.3, 0.4) is 0 Å². The van der Waals surface area contributed by atoms with Gasteiger partial charge < -0.3 is 10.1 Å². The third kappa shape index (κ3) is 6.18. The molecular weight excluding hydrogens is 346 g/mol. The fourth-order valence-corrected chi connectivity index (χ4v) is 3.01. The van der Waals surface area contributed by atoms with Crippen LogP contribution in [-0.4, -0.2) is 25.0 Å². The number of carbonyl (C=O) groups is 2. The Morgan fingerprint density at radius 3 is 2.88 bits per heavy atom. The highest BCUT2D eigenvalue weighted by atomic mass is 35.5. The summed E-state index contributed by atoms with van der Waals surface area (Å²) in [7, 11) is 0. The molecule has 126 valence electrons. The van der Waals surface area contributed by atoms with Crippen LogP contribution in [0.5, 0.6) is 0 Å². The van der Waals surface area contributed by atoms with Crippen molar-refractivity contribution in [3.63, 3.8) is 0 Å². The van der Waals surface area contributed by atoms with Gasteiger partial charge in [0, 0.05) is 22.5 Å². The number of hydrogen-bond acceptors (Lipinski definition) is 4. The molecule has 6 heteroatoms. The van der Waals surface area contributed by atoms with Gasteiger partial charge in [0.15, 0.2) is 6.61 Å². The standard InChI is InChI=1S/C18H18ClNO3S/c1-13-8-10-24-16(13)5-6-18(22)23-12-17(21)20-9-7-14-3-2-4-15(19)11-14/h2-6,8,10-11H,7,9,12H2,1H3,(H,20,21)/b6-5+. The number of esters is 1. The van der Waals surface area contributed by atoms with Gasteiger partial charge >= 0.3 is 5.97 Å². The molecule has 24 heavy (non-hydrogen) atoms. The number of aryl methyl sites for hydroxylation is 1. The zero-order valence-corrected chi connectivity index (χ0v) is 14.8. The maximum atomic E-state index is 11.7. The lowest BCUT2D eigenvalue weighted by Gasteiger charge is -2.06. The number of nitrogens with one attached hydrogen (secondary N) is 1. The Kier molecular flexibility index (Phi) is 7.03. The molecule has 0 saturated heterocycles. The van der Waals surface area contributed by atoms with Crippen LogP contribution in [0.15, 0.2) is 41.8 Å². The topological polar surface area (TPSA) is 55.4 Å². The van der Waals surface area contributed by atoms with Crippen LogP contribution < -0.4 is 5.32 Å². The summed E-state index contributed by atoms with van der Waals surface area (Å²) < 4.78 is 4.91. The first-order chi connectivity index (χ1) is 11.5. The van der Waals surface area contributed by atoms with Crippen molar-refractivity contribution < 1.29 is 14.3 Å². The van der Waals surface area contributed by atoms with E-state index in [0.717, 1.165) is 16.0 Å². The van der Waals surface area contributed by atoms with Gasteiger partial charge in [0.1, 0.15) is 0 Å². The van der Waals surface area contributed by atoms with Crippen molar-refractivity contribution in [1.82, 2.24) is 5.32 Å². The number of hydrogen-bond donors (Lipinski definition) is 1. The highest BCUT2D eigenvalue weighted by Crippen LogP contribution is 2.16. The number of halogens is 1. The number of carbonyl (C=O) groups excluding carboxylic acids is 2. The SMILES string of the molecule is Cc1ccsc1/C=C/C(=O)OCC(=O)NCCc1cccc(Cl)c1. The molecule has 1 aromatic carbocycles. The molecular formula is C18H18ClNO3S. The molecule has 0 radical (unpaired) electrons. The second-order valence-corrected chi connectivity index (χ2v) is 6.52. The van der Waals surface area contributed by atoms with Crippen molar-refractivity contribution in [2.24, 2.45) is 0 Å². The van der Waals surface area contributed by atoms with Gasteiger partial charge in [-0.25, -0.2) is 4.79 Å². The summed E-state index contributed by atoms with van der Waals surface area (Å²) in [6.07, 6.45) is 3.69. The molecule has 1 N–H and O–H groups in total. The number of ether oxygens (including phenoxy) is 1. The van der Waals surface area contributed by atoms with Crippen LogP contribution >= 0.6 is 22.9 Å². The minimum Gasteiger partial charge on any atom is -0.452 e. The van der Waals surface area contributed by atoms with Crippen molar-refractivity contribution in [3.8, 4) is 0 Å². The molecule has 0 bridgehead atoms. The maximum absolute atomic E-state index is 11.7. The largest absolute Gasteiger partial charge is 0.452 e. The molecule has 1 heterocycles. The lowest BCUT2D eigenvalue weighted by atomic mass is 10.1. The van der Waals surface area contributed by atoms with Crippen molar-refractivity contribution >= 4 is 40.9 Å². The normalized spacial score (nSPS) is 10.8. The van der Waals surface area contributed by atoms with E-state index in [1.54, 1.807) is 23.5 Å². The zero-order valence-electron chi connectivity index (χ0n) is 13.3. The van der Waals surface area contributed by atoms with Gasteiger partial charge in [0.05, 0.1) is 0 Å². The minimum absolute atomic E-state index is 0.290. The molecule has 2 rings (SSSR count). The summed E-state index contributed by atoms with van der Waals surface area (Å²) >= 11 is 7.44. The molecule has 0 spiro atoms. The summed E-state index contributed by atoms with van der Waals surface area (Å²) in [5.41, 5.74) is 2.14. The summed E-state index contributed by atoms with van der Waals surface area (Å²) in [5, 5.41) is 5.32. The lowest BCUT2D eigenvalue weighted by Crippen LogP contribution is -2.30. The second-order valence-electron chi connectivity index (χ2n) is 5.14. The Morgan fingerprint density at radius 1 is 1.33 bits per heavy atom. The van der Waals surface area contributed by atoms with Gasteiger partial charge in [0.2, 0.25) is 0 Å². The first kappa shape index (κ1) is 18.2. The number of amides is 1. The lowest BCUT2D eigenvalue weighted by molar-refractivity contribution is -0.143. The van der Waals surface area contributed by atoms with Crippen molar-refractivity contribution in [2.75, 3.05) is 13.2 Å². The molecule has 0 saturated carbocycles. The van der Waals surface area contributed by atoms with Crippen LogP contribution in [0.25, 0.3) is 6.08 Å². The van der Waals surface area contributed by atoms with Crippen molar-refractivity contribution in [2.45, 2.75) is 13.3 Å². The zero-order chi connectivity index (χ0) is 17.4. The molecule has 1 amide bonds. The van der Waals surface area contributed by atoms with E-state index in [0.29, 0.717) is 18.0 Å². The van der Waals surface area contributed by atoms with Crippen LogP contribution in [0.1, 0.15) is 16.0 Å². The average molecular weight is 364 g/mol. The first-order valence-corrected chi connectivity index (χ1v) is 8.70. The first-order valence-electron chi connectivity index (χ1n) is 7.44. The molecule has 2 aromatic rings. The second kappa shape index (κ2) is 9.25. The molecule has 0 atom stereocenters. The molecule has 1 aromatic heterocycles. The highest BCUT2D eigenvalue weighted by Gasteiger charge is 2.05. The minimum atomic E-state index is -0.534. The third-order valence-corrected chi connectivity index (χ3v) is 4.46. The Balaban J connectivity index is 1.66. The van der Waals surface area contributed by atoms with E-state index in [1.807, 2.05) is 36.6 Å². The van der Waals surface area contributed by atoms with Gasteiger partial charge in [-0.15, -0.1) is 11.3 Å². The summed E-state index contributed by atoms with van der Waals surface area (Å²) in [6, 6.07) is 9.43. The molecule has 0 aliphatic heterocycles. The molecule has 0 unspecified atom stereocenters. The Hall–Kier alpha value is -2.11. The van der Waals surface area contributed by atoms with Crippen molar-refractivity contribution in [3.05, 3.63) is 62.8 Å². The Labute approximate surface area is 150 Å². The van der Waals surface area contributed by atoms with E-state index < -0.39 is 5.97 Å². The summed E-state index contributed by atoms with van der Waals surface area (Å²) in [6.45, 7) is 2.14. The molecule has 0 aliphatic rings. The summed E-state index contributed by atoms with van der Waals surface area (Å²) in [4.78, 5) is 24.2. The number of thiophene rings is 1. The molecule has 0 aliphatic carbocycles. The smallest absolute Gasteiger partial charge is 0.331 e. The van der Waals surface area contributed by atoms with E-state index >= 15 is 0 Å². The van der Waals surface area contributed by atoms with Crippen LogP contribution in [0.2, 0.25) is 5.02 Å². The van der Waals surface area contributed by atoms with Crippen molar-refractivity contribution in [1.29, 1.82) is 0 Å². The number of benzene rings is 1. The van der Waals surface area contributed by atoms with E-state index in [-0.39, 0.29) is 12.5 Å². The monoisotopic (exact) mass is 363 g/mol. The van der Waals surface area contributed by atoms with E-state index in [2.05, 4.69) is 5.32 Å². The van der Waals surface area contributed by atoms with E-state index in [9.17, 15) is 9.59 Å². The van der Waals surface area contributed by atoms with Gasteiger partial charge in [-0.2, -0.15) is 0 Å². The fraction of sp³-hybridized carbons (Fsp3) is 0.222. The summed E-state index contributed by atoms with van der Waals surface area (Å²) in [5.74, 6) is -0.862. The molecule has 4 nitrogen and oxygen atoms in total. The van der Waals surface area contributed by atoms with Crippen LogP contribution in [0, 0.1) is 6.92 Å².